The van der Waals surface area contributed by atoms with Crippen molar-refractivity contribution >= 4 is 33.7 Å². The number of aromatic nitrogens is 2. The van der Waals surface area contributed by atoms with Crippen molar-refractivity contribution in [1.29, 1.82) is 0 Å². The molecule has 4 heterocycles. The fourth-order valence-electron chi connectivity index (χ4n) is 11.2. The number of piperidine rings is 2. The Labute approximate surface area is 287 Å². The maximum absolute atomic E-state index is 13.3. The second kappa shape index (κ2) is 12.3. The third kappa shape index (κ3) is 4.98. The van der Waals surface area contributed by atoms with Gasteiger partial charge in [-0.3, -0.25) is 9.59 Å². The average molecular weight is 667 g/mol. The number of carboxylic acid groups (broad SMARTS) is 2. The molecule has 2 saturated heterocycles. The number of para-hydroxylation sites is 2. The van der Waals surface area contributed by atoms with Crippen molar-refractivity contribution in [3.05, 3.63) is 71.0 Å². The molecule has 8 rings (SSSR count). The van der Waals surface area contributed by atoms with Gasteiger partial charge in [0.05, 0.1) is 29.7 Å². The molecule has 4 aliphatic rings. The summed E-state index contributed by atoms with van der Waals surface area (Å²) in [7, 11) is 4.16. The number of hydrogen-bond acceptors (Lipinski definition) is 5. The highest BCUT2D eigenvalue weighted by Crippen LogP contribution is 2.51. The summed E-state index contributed by atoms with van der Waals surface area (Å²) in [4.78, 5) is 34.6. The van der Waals surface area contributed by atoms with Gasteiger partial charge in [-0.25, -0.2) is 0 Å². The molecule has 9 nitrogen and oxygen atoms in total. The van der Waals surface area contributed by atoms with E-state index in [2.05, 4.69) is 77.6 Å². The summed E-state index contributed by atoms with van der Waals surface area (Å²) in [5.74, 6) is -2.38. The van der Waals surface area contributed by atoms with E-state index in [1.807, 2.05) is 18.2 Å². The summed E-state index contributed by atoms with van der Waals surface area (Å²) in [5, 5.41) is 36.2. The number of fused-ring (bicyclic) bond motifs is 10. The van der Waals surface area contributed by atoms with E-state index in [9.17, 15) is 24.9 Å². The molecular weight excluding hydrogens is 616 g/mol. The molecule has 2 aliphatic heterocycles. The number of H-pyrrole nitrogens is 1. The molecule has 2 fully saturated rings. The van der Waals surface area contributed by atoms with E-state index in [0.717, 1.165) is 70.3 Å². The number of aliphatic hydroxyl groups is 1. The summed E-state index contributed by atoms with van der Waals surface area (Å²) < 4.78 is 2.37. The maximum Gasteiger partial charge on any atom is 0.308 e. The first-order valence-electron chi connectivity index (χ1n) is 18.4. The van der Waals surface area contributed by atoms with E-state index in [-0.39, 0.29) is 41.8 Å². The Bertz CT molecular complexity index is 1910. The summed E-state index contributed by atoms with van der Waals surface area (Å²) in [6, 6.07) is 16.2. The Morgan fingerprint density at radius 1 is 0.776 bits per heavy atom. The van der Waals surface area contributed by atoms with E-state index in [4.69, 9.17) is 0 Å². The van der Waals surface area contributed by atoms with Gasteiger partial charge in [0.15, 0.2) is 0 Å². The first-order valence-corrected chi connectivity index (χ1v) is 18.4. The van der Waals surface area contributed by atoms with Crippen molar-refractivity contribution in [2.24, 2.45) is 35.5 Å². The van der Waals surface area contributed by atoms with E-state index in [1.54, 1.807) is 0 Å². The minimum atomic E-state index is -0.853. The quantitative estimate of drug-likeness (QED) is 0.208. The Balaban J connectivity index is 1.40. The van der Waals surface area contributed by atoms with Gasteiger partial charge >= 0.3 is 11.9 Å². The van der Waals surface area contributed by atoms with Crippen molar-refractivity contribution in [1.82, 2.24) is 19.4 Å². The zero-order chi connectivity index (χ0) is 34.3. The molecular formula is C40H50N4O5. The normalized spacial score (nSPS) is 33.7. The van der Waals surface area contributed by atoms with Gasteiger partial charge in [-0.1, -0.05) is 63.1 Å². The molecule has 0 unspecified atom stereocenters. The minimum Gasteiger partial charge on any atom is -0.481 e. The van der Waals surface area contributed by atoms with Crippen LogP contribution >= 0.6 is 0 Å². The first kappa shape index (κ1) is 32.5. The van der Waals surface area contributed by atoms with Crippen molar-refractivity contribution in [2.45, 2.75) is 76.6 Å². The Kier molecular flexibility index (Phi) is 8.16. The zero-order valence-corrected chi connectivity index (χ0v) is 29.0. The molecule has 4 aromatic rings. The van der Waals surface area contributed by atoms with Crippen LogP contribution in [0.5, 0.6) is 0 Å². The third-order valence-corrected chi connectivity index (χ3v) is 13.4. The number of aromatic amines is 1. The van der Waals surface area contributed by atoms with Gasteiger partial charge in [0, 0.05) is 52.7 Å². The molecule has 260 valence electrons. The van der Waals surface area contributed by atoms with Crippen LogP contribution in [0.25, 0.3) is 21.8 Å². The van der Waals surface area contributed by atoms with Crippen molar-refractivity contribution < 1.29 is 24.9 Å². The number of nitrogens with one attached hydrogen (secondary N) is 1. The highest BCUT2D eigenvalue weighted by atomic mass is 16.4. The fraction of sp³-hybridized carbons (Fsp3) is 0.550. The largest absolute Gasteiger partial charge is 0.481 e. The van der Waals surface area contributed by atoms with Gasteiger partial charge in [0.2, 0.25) is 0 Å². The van der Waals surface area contributed by atoms with Crippen LogP contribution in [0.2, 0.25) is 0 Å². The van der Waals surface area contributed by atoms with Gasteiger partial charge in [-0.05, 0) is 86.7 Å². The molecule has 2 aliphatic carbocycles. The van der Waals surface area contributed by atoms with Crippen LogP contribution in [-0.4, -0.2) is 85.9 Å². The molecule has 4 bridgehead atoms. The van der Waals surface area contributed by atoms with Crippen LogP contribution in [0.1, 0.15) is 74.2 Å². The van der Waals surface area contributed by atoms with Crippen LogP contribution in [0, 0.1) is 35.5 Å². The number of likely N-dealkylation sites (tertiary alicyclic amines) is 2. The number of carbonyl (C=O) groups is 2. The van der Waals surface area contributed by atoms with E-state index in [1.165, 1.54) is 0 Å². The molecule has 0 saturated carbocycles. The van der Waals surface area contributed by atoms with Crippen molar-refractivity contribution in [3.63, 3.8) is 0 Å². The number of likely N-dealkylation sites (N-methyl/N-ethyl adjacent to an activating group) is 2. The number of benzene rings is 2. The van der Waals surface area contributed by atoms with Crippen LogP contribution < -0.4 is 0 Å². The van der Waals surface area contributed by atoms with Crippen molar-refractivity contribution in [3.8, 4) is 0 Å². The Morgan fingerprint density at radius 3 is 1.94 bits per heavy atom. The summed E-state index contributed by atoms with van der Waals surface area (Å²) in [5.41, 5.74) is 6.24. The number of carboxylic acids is 2. The Morgan fingerprint density at radius 2 is 1.33 bits per heavy atom. The summed E-state index contributed by atoms with van der Waals surface area (Å²) in [6.45, 7) is 6.00. The van der Waals surface area contributed by atoms with Gasteiger partial charge in [0.25, 0.3) is 0 Å². The second-order valence-corrected chi connectivity index (χ2v) is 15.6. The second-order valence-electron chi connectivity index (χ2n) is 15.6. The van der Waals surface area contributed by atoms with Crippen LogP contribution in [0.3, 0.4) is 0 Å². The molecule has 0 amide bonds. The third-order valence-electron chi connectivity index (χ3n) is 13.4. The average Bonchev–Trinajstić information content (AvgIpc) is 3.59. The van der Waals surface area contributed by atoms with Gasteiger partial charge in [-0.15, -0.1) is 0 Å². The number of nitrogens with zero attached hydrogens (tertiary/aromatic N) is 3. The molecule has 10 atom stereocenters. The lowest BCUT2D eigenvalue weighted by molar-refractivity contribution is -0.153. The van der Waals surface area contributed by atoms with E-state index in [0.29, 0.717) is 25.7 Å². The number of aliphatic carboxylic acids is 2. The van der Waals surface area contributed by atoms with Gasteiger partial charge in [0.1, 0.15) is 0 Å². The summed E-state index contributed by atoms with van der Waals surface area (Å²) >= 11 is 0. The highest BCUT2D eigenvalue weighted by molar-refractivity contribution is 5.88. The predicted molar refractivity (Wildman–Crippen MR) is 190 cm³/mol. The lowest BCUT2D eigenvalue weighted by Gasteiger charge is -2.49. The van der Waals surface area contributed by atoms with Crippen molar-refractivity contribution in [2.75, 3.05) is 27.2 Å². The smallest absolute Gasteiger partial charge is 0.308 e. The minimum absolute atomic E-state index is 0.0536. The van der Waals surface area contributed by atoms with Crippen LogP contribution in [0.15, 0.2) is 48.5 Å². The van der Waals surface area contributed by atoms with E-state index >= 15 is 0 Å². The topological polar surface area (TPSA) is 122 Å². The SMILES string of the molecule is CC[C@@H]1CN(C)[C@H]2Cc3c([nH]c4ccccc34)[C@@H](n3c4c(c5ccccc53)C[C@H]3[C@@H](C(=O)O)[C@@H](C[C@@H]4O)[C@H](CC)CN3C)C[C@@H]1[C@@H]2C(=O)O. The maximum atomic E-state index is 13.3. The number of rotatable bonds is 5. The number of aliphatic hydroxyl groups excluding tert-OH is 1. The van der Waals surface area contributed by atoms with E-state index < -0.39 is 29.9 Å². The zero-order valence-electron chi connectivity index (χ0n) is 29.0. The van der Waals surface area contributed by atoms with Crippen LogP contribution in [0.4, 0.5) is 0 Å². The fourth-order valence-corrected chi connectivity index (χ4v) is 11.2. The molecule has 0 spiro atoms. The number of hydrogen-bond donors (Lipinski definition) is 4. The highest BCUT2D eigenvalue weighted by Gasteiger charge is 2.51. The summed E-state index contributed by atoms with van der Waals surface area (Å²) in [6.07, 6.45) is 3.11. The van der Waals surface area contributed by atoms with Gasteiger partial charge < -0.3 is 34.7 Å². The lowest BCUT2D eigenvalue weighted by Crippen LogP contribution is -2.56. The van der Waals surface area contributed by atoms with Gasteiger partial charge in [-0.2, -0.15) is 0 Å². The lowest BCUT2D eigenvalue weighted by atomic mass is 9.66. The monoisotopic (exact) mass is 666 g/mol. The molecule has 49 heavy (non-hydrogen) atoms. The molecule has 2 aromatic carbocycles. The standard InChI is InChI=1S/C40H50N4O5/c1-5-21-19-42(3)31-16-27-23-11-7-9-13-29(23)41-37(27)33(15-25(21)35(31)39(46)47)44-30-14-10-8-12-24(30)28-17-32-36(40(48)49)26(18-34(45)38(28)44)22(6-2)20-43(32)4/h7-14,21-22,25-26,31-36,41,45H,5-6,15-20H2,1-4H3,(H,46,47)(H,48,49)/t21-,22-,25+,26+,31+,32+,33+,34+,35+,36+/m1/s1. The molecule has 9 heteroatoms. The first-order chi connectivity index (χ1) is 23.6. The van der Waals surface area contributed by atoms with Crippen LogP contribution in [-0.2, 0) is 22.4 Å². The molecule has 2 aromatic heterocycles. The Hall–Kier alpha value is -3.66. The predicted octanol–water partition coefficient (Wildman–Crippen LogP) is 5.95. The molecule has 0 radical (unpaired) electrons. The molecule has 4 N–H and O–H groups in total.